The SMILES string of the molecule is CCCOC(=O)c1ccc(OC2=COC3C(CCC(O)C3CN(C)C)C2=O)cc1. The second kappa shape index (κ2) is 9.41. The van der Waals surface area contributed by atoms with E-state index in [9.17, 15) is 14.7 Å². The van der Waals surface area contributed by atoms with Gasteiger partial charge in [0.1, 0.15) is 18.1 Å². The number of fused-ring (bicyclic) bond motifs is 1. The average molecular weight is 403 g/mol. The van der Waals surface area contributed by atoms with Gasteiger partial charge in [-0.05, 0) is 57.6 Å². The van der Waals surface area contributed by atoms with Crippen molar-refractivity contribution < 1.29 is 28.9 Å². The second-order valence-electron chi connectivity index (χ2n) is 7.89. The van der Waals surface area contributed by atoms with Gasteiger partial charge in [-0.1, -0.05) is 6.92 Å². The summed E-state index contributed by atoms with van der Waals surface area (Å²) in [5.74, 6) is -0.356. The lowest BCUT2D eigenvalue weighted by molar-refractivity contribution is -0.139. The largest absolute Gasteiger partial charge is 0.493 e. The van der Waals surface area contributed by atoms with Crippen molar-refractivity contribution >= 4 is 11.8 Å². The third-order valence-corrected chi connectivity index (χ3v) is 5.33. The molecule has 0 amide bonds. The summed E-state index contributed by atoms with van der Waals surface area (Å²) in [6, 6.07) is 6.47. The van der Waals surface area contributed by atoms with Crippen molar-refractivity contribution in [3.05, 3.63) is 41.9 Å². The van der Waals surface area contributed by atoms with E-state index in [1.807, 2.05) is 25.9 Å². The number of nitrogens with zero attached hydrogens (tertiary/aromatic N) is 1. The Morgan fingerprint density at radius 3 is 2.62 bits per heavy atom. The number of carbonyl (C=O) groups is 2. The smallest absolute Gasteiger partial charge is 0.338 e. The summed E-state index contributed by atoms with van der Waals surface area (Å²) < 4.78 is 16.7. The van der Waals surface area contributed by atoms with E-state index in [2.05, 4.69) is 0 Å². The highest BCUT2D eigenvalue weighted by Gasteiger charge is 2.46. The summed E-state index contributed by atoms with van der Waals surface area (Å²) in [5, 5.41) is 10.4. The zero-order valence-electron chi connectivity index (χ0n) is 17.2. The normalized spacial score (nSPS) is 26.4. The molecule has 4 unspecified atom stereocenters. The topological polar surface area (TPSA) is 85.3 Å². The number of ketones is 1. The third-order valence-electron chi connectivity index (χ3n) is 5.33. The van der Waals surface area contributed by atoms with Crippen LogP contribution in [0.5, 0.6) is 5.75 Å². The number of aliphatic hydroxyl groups is 1. The standard InChI is InChI=1S/C22H29NO6/c1-4-11-27-22(26)14-5-7-15(8-6-14)29-19-13-28-21-16(20(19)25)9-10-18(24)17(21)12-23(2)3/h5-8,13,16-18,21,24H,4,9-12H2,1-3H3. The number of esters is 1. The van der Waals surface area contributed by atoms with Crippen molar-refractivity contribution in [2.45, 2.75) is 38.4 Å². The molecular weight excluding hydrogens is 374 g/mol. The van der Waals surface area contributed by atoms with Gasteiger partial charge >= 0.3 is 5.97 Å². The molecule has 1 saturated carbocycles. The minimum absolute atomic E-state index is 0.108. The first kappa shape index (κ1) is 21.3. The van der Waals surface area contributed by atoms with Gasteiger partial charge in [0.15, 0.2) is 0 Å². The Morgan fingerprint density at radius 2 is 1.97 bits per heavy atom. The maximum Gasteiger partial charge on any atom is 0.338 e. The van der Waals surface area contributed by atoms with Gasteiger partial charge in [0.25, 0.3) is 0 Å². The van der Waals surface area contributed by atoms with Gasteiger partial charge in [0, 0.05) is 12.5 Å². The molecule has 0 aromatic heterocycles. The van der Waals surface area contributed by atoms with Crippen LogP contribution in [-0.2, 0) is 14.3 Å². The summed E-state index contributed by atoms with van der Waals surface area (Å²) >= 11 is 0. The van der Waals surface area contributed by atoms with Crippen LogP contribution >= 0.6 is 0 Å². The van der Waals surface area contributed by atoms with Gasteiger partial charge in [0.2, 0.25) is 11.5 Å². The van der Waals surface area contributed by atoms with Crippen LogP contribution in [0.3, 0.4) is 0 Å². The quantitative estimate of drug-likeness (QED) is 0.700. The van der Waals surface area contributed by atoms with Crippen molar-refractivity contribution in [1.29, 1.82) is 0 Å². The van der Waals surface area contributed by atoms with Gasteiger partial charge in [-0.2, -0.15) is 0 Å². The van der Waals surface area contributed by atoms with E-state index in [1.54, 1.807) is 24.3 Å². The van der Waals surface area contributed by atoms with E-state index in [-0.39, 0.29) is 35.5 Å². The molecule has 7 nitrogen and oxygen atoms in total. The van der Waals surface area contributed by atoms with Crippen LogP contribution in [0.2, 0.25) is 0 Å². The van der Waals surface area contributed by atoms with Crippen LogP contribution < -0.4 is 4.74 Å². The third kappa shape index (κ3) is 4.97. The molecule has 1 N–H and O–H groups in total. The number of carbonyl (C=O) groups excluding carboxylic acids is 2. The zero-order valence-corrected chi connectivity index (χ0v) is 17.2. The number of Topliss-reactive ketones (excluding diaryl/α,β-unsaturated/α-hetero) is 1. The number of hydrogen-bond acceptors (Lipinski definition) is 7. The number of allylic oxidation sites excluding steroid dienone is 1. The Bertz CT molecular complexity index is 757. The maximum atomic E-state index is 13.0. The van der Waals surface area contributed by atoms with Crippen LogP contribution in [0.15, 0.2) is 36.3 Å². The predicted octanol–water partition coefficient (Wildman–Crippen LogP) is 2.39. The number of rotatable bonds is 7. The van der Waals surface area contributed by atoms with Crippen molar-refractivity contribution in [2.75, 3.05) is 27.2 Å². The summed E-state index contributed by atoms with van der Waals surface area (Å²) in [5.41, 5.74) is 0.429. The molecule has 3 rings (SSSR count). The minimum atomic E-state index is -0.484. The monoisotopic (exact) mass is 403 g/mol. The van der Waals surface area contributed by atoms with Crippen LogP contribution in [0, 0.1) is 11.8 Å². The van der Waals surface area contributed by atoms with Crippen LogP contribution in [0.1, 0.15) is 36.5 Å². The fourth-order valence-electron chi connectivity index (χ4n) is 3.89. The highest BCUT2D eigenvalue weighted by atomic mass is 16.5. The summed E-state index contributed by atoms with van der Waals surface area (Å²) in [6.45, 7) is 2.96. The summed E-state index contributed by atoms with van der Waals surface area (Å²) in [7, 11) is 3.88. The van der Waals surface area contributed by atoms with Crippen molar-refractivity contribution in [2.24, 2.45) is 11.8 Å². The van der Waals surface area contributed by atoms with Crippen LogP contribution in [-0.4, -0.2) is 61.2 Å². The number of ether oxygens (including phenoxy) is 3. The molecule has 1 heterocycles. The van der Waals surface area contributed by atoms with E-state index < -0.39 is 6.10 Å². The lowest BCUT2D eigenvalue weighted by Crippen LogP contribution is -2.51. The van der Waals surface area contributed by atoms with Gasteiger partial charge in [-0.25, -0.2) is 4.79 Å². The molecule has 1 aromatic rings. The second-order valence-corrected chi connectivity index (χ2v) is 7.89. The van der Waals surface area contributed by atoms with Gasteiger partial charge in [-0.3, -0.25) is 4.79 Å². The molecule has 0 saturated heterocycles. The minimum Gasteiger partial charge on any atom is -0.493 e. The molecule has 2 aliphatic rings. The Kier molecular flexibility index (Phi) is 6.92. The summed E-state index contributed by atoms with van der Waals surface area (Å²) in [6.07, 6.45) is 2.42. The maximum absolute atomic E-state index is 13.0. The molecule has 4 atom stereocenters. The molecule has 7 heteroatoms. The Hall–Kier alpha value is -2.38. The van der Waals surface area contributed by atoms with Gasteiger partial charge in [0.05, 0.1) is 24.2 Å². The van der Waals surface area contributed by atoms with Crippen LogP contribution in [0.25, 0.3) is 0 Å². The lowest BCUT2D eigenvalue weighted by Gasteiger charge is -2.42. The van der Waals surface area contributed by atoms with Crippen molar-refractivity contribution in [3.63, 3.8) is 0 Å². The number of aliphatic hydroxyl groups excluding tert-OH is 1. The van der Waals surface area contributed by atoms with E-state index in [0.717, 1.165) is 6.42 Å². The molecule has 1 fully saturated rings. The summed E-state index contributed by atoms with van der Waals surface area (Å²) in [4.78, 5) is 26.8. The van der Waals surface area contributed by atoms with E-state index >= 15 is 0 Å². The molecule has 0 bridgehead atoms. The first-order valence-corrected chi connectivity index (χ1v) is 10.1. The molecule has 1 aliphatic heterocycles. The number of benzene rings is 1. The molecule has 0 spiro atoms. The Morgan fingerprint density at radius 1 is 1.24 bits per heavy atom. The Balaban J connectivity index is 1.68. The van der Waals surface area contributed by atoms with E-state index in [0.29, 0.717) is 37.3 Å². The number of hydrogen-bond donors (Lipinski definition) is 1. The van der Waals surface area contributed by atoms with Crippen LogP contribution in [0.4, 0.5) is 0 Å². The Labute approximate surface area is 171 Å². The van der Waals surface area contributed by atoms with Crippen molar-refractivity contribution in [3.8, 4) is 5.75 Å². The first-order chi connectivity index (χ1) is 13.9. The van der Waals surface area contributed by atoms with Crippen molar-refractivity contribution in [1.82, 2.24) is 4.90 Å². The van der Waals surface area contributed by atoms with Gasteiger partial charge < -0.3 is 24.2 Å². The molecule has 0 radical (unpaired) electrons. The highest BCUT2D eigenvalue weighted by Crippen LogP contribution is 2.37. The van der Waals surface area contributed by atoms with Gasteiger partial charge in [-0.15, -0.1) is 0 Å². The zero-order chi connectivity index (χ0) is 21.0. The average Bonchev–Trinajstić information content (AvgIpc) is 2.70. The fourth-order valence-corrected chi connectivity index (χ4v) is 3.89. The van der Waals surface area contributed by atoms with E-state index in [4.69, 9.17) is 14.2 Å². The first-order valence-electron chi connectivity index (χ1n) is 10.1. The molecule has 29 heavy (non-hydrogen) atoms. The predicted molar refractivity (Wildman–Crippen MR) is 106 cm³/mol. The molecule has 1 aliphatic carbocycles. The highest BCUT2D eigenvalue weighted by molar-refractivity contribution is 5.96. The molecule has 158 valence electrons. The lowest BCUT2D eigenvalue weighted by atomic mass is 9.73. The fraction of sp³-hybridized carbons (Fsp3) is 0.545. The molecule has 1 aromatic carbocycles. The molecular formula is C22H29NO6. The van der Waals surface area contributed by atoms with E-state index in [1.165, 1.54) is 6.26 Å².